The number of esters is 1. The molecule has 4 aromatic carbocycles. The lowest BCUT2D eigenvalue weighted by Crippen LogP contribution is -2.24. The fourth-order valence-electron chi connectivity index (χ4n) is 6.90. The second kappa shape index (κ2) is 19.8. The van der Waals surface area contributed by atoms with Crippen molar-refractivity contribution < 1.29 is 24.5 Å². The zero-order valence-electron chi connectivity index (χ0n) is 34.1. The van der Waals surface area contributed by atoms with Crippen molar-refractivity contribution in [1.29, 1.82) is 0 Å². The maximum Gasteiger partial charge on any atom is 0.343 e. The van der Waals surface area contributed by atoms with Crippen molar-refractivity contribution in [2.45, 2.75) is 53.9 Å². The molecule has 0 fully saturated rings. The van der Waals surface area contributed by atoms with Crippen LogP contribution >= 0.6 is 0 Å². The number of carbonyl (C=O) groups excluding carboxylic acids is 2. The third-order valence-corrected chi connectivity index (χ3v) is 10.2. The van der Waals surface area contributed by atoms with Crippen molar-refractivity contribution in [3.63, 3.8) is 0 Å². The Morgan fingerprint density at radius 1 is 0.603 bits per heavy atom. The second-order valence-electron chi connectivity index (χ2n) is 14.5. The molecule has 8 aromatic rings. The van der Waals surface area contributed by atoms with E-state index in [1.165, 1.54) is 36.7 Å². The first kappa shape index (κ1) is 44.8. The van der Waals surface area contributed by atoms with Crippen molar-refractivity contribution in [1.82, 2.24) is 29.1 Å². The number of fused-ring (bicyclic) bond motifs is 2. The van der Waals surface area contributed by atoms with Crippen LogP contribution in [0.4, 0.5) is 8.78 Å². The summed E-state index contributed by atoms with van der Waals surface area (Å²) in [6.45, 7) is 5.51. The Labute approximate surface area is 363 Å². The van der Waals surface area contributed by atoms with Crippen molar-refractivity contribution >= 4 is 33.7 Å². The van der Waals surface area contributed by atoms with Crippen molar-refractivity contribution in [3.8, 4) is 11.4 Å². The maximum atomic E-state index is 13.4. The number of pyridine rings is 2. The van der Waals surface area contributed by atoms with Gasteiger partial charge in [0.15, 0.2) is 0 Å². The van der Waals surface area contributed by atoms with Gasteiger partial charge in [0.25, 0.3) is 5.91 Å². The number of halogens is 2. The molecular weight excluding hydrogens is 805 g/mol. The van der Waals surface area contributed by atoms with Gasteiger partial charge in [-0.1, -0.05) is 19.6 Å². The Kier molecular flexibility index (Phi) is 14.1. The minimum Gasteiger partial charge on any atom is -0.462 e. The number of aryl methyl sites for hydroxylation is 6. The summed E-state index contributed by atoms with van der Waals surface area (Å²) in [5, 5.41) is 0.783. The molecule has 0 saturated heterocycles. The van der Waals surface area contributed by atoms with Crippen LogP contribution in [-0.2, 0) is 30.4 Å². The standard InChI is InChI=1S/C25H22FN3O3.C23H19FN4O2.CH4.H2/c1-3-32-25(31)22-15-29(20-9-7-19(26)8-10-20)23-11-6-17(12-21(23)24(22)30)4-5-18-13-27-16(2)28-14-18;1-14-26-11-16(12-27-14)3-2-15-4-9-21-19(10-15)22(29)20(23(25)30)13-28(21)18-7-5-17(24)6-8-18;;/h6-15H,3-5H2,1-2H3;4-13H,2-3H2,1H3,(H2,25,30);1H4;1H/i;;;1+2. The van der Waals surface area contributed by atoms with E-state index in [2.05, 4.69) is 19.9 Å². The number of aromatic nitrogens is 6. The second-order valence-corrected chi connectivity index (χ2v) is 14.5. The highest BCUT2D eigenvalue weighted by atomic mass is 19.1. The topological polar surface area (TPSA) is 165 Å². The number of amides is 1. The Bertz CT molecular complexity index is 3050. The van der Waals surface area contributed by atoms with Crippen molar-refractivity contribution in [2.24, 2.45) is 5.73 Å². The Balaban J connectivity index is 0.000000234. The fourth-order valence-corrected chi connectivity index (χ4v) is 6.90. The first-order valence-corrected chi connectivity index (χ1v) is 19.8. The van der Waals surface area contributed by atoms with Gasteiger partial charge >= 0.3 is 5.97 Å². The van der Waals surface area contributed by atoms with Crippen LogP contribution in [0, 0.1) is 25.5 Å². The highest BCUT2D eigenvalue weighted by Gasteiger charge is 2.19. The monoisotopic (exact) mass is 853 g/mol. The molecule has 0 aliphatic carbocycles. The Hall–Kier alpha value is -7.74. The van der Waals surface area contributed by atoms with Crippen LogP contribution in [0.25, 0.3) is 33.2 Å². The molecule has 0 atom stereocenters. The minimum absolute atomic E-state index is 0. The molecule has 322 valence electrons. The lowest BCUT2D eigenvalue weighted by molar-refractivity contribution is 0.0524. The summed E-state index contributed by atoms with van der Waals surface area (Å²) in [5.41, 5.74) is 10.8. The van der Waals surface area contributed by atoms with E-state index >= 15 is 0 Å². The lowest BCUT2D eigenvalue weighted by Gasteiger charge is -2.14. The minimum atomic E-state index is -0.806. The van der Waals surface area contributed by atoms with Gasteiger partial charge in [0.1, 0.15) is 34.4 Å². The van der Waals surface area contributed by atoms with Gasteiger partial charge in [-0.05, 0) is 142 Å². The zero-order chi connectivity index (χ0) is 43.9. The van der Waals surface area contributed by atoms with Crippen molar-refractivity contribution in [3.05, 3.63) is 199 Å². The van der Waals surface area contributed by atoms with Crippen LogP contribution in [0.1, 0.15) is 70.4 Å². The molecule has 0 spiro atoms. The first-order valence-electron chi connectivity index (χ1n) is 19.8. The number of primary amides is 1. The highest BCUT2D eigenvalue weighted by Crippen LogP contribution is 2.23. The molecule has 4 heterocycles. The van der Waals surface area contributed by atoms with E-state index in [1.807, 2.05) is 38.1 Å². The third kappa shape index (κ3) is 10.4. The van der Waals surface area contributed by atoms with Crippen LogP contribution in [0.5, 0.6) is 0 Å². The number of hydrogen-bond donors (Lipinski definition) is 1. The normalized spacial score (nSPS) is 10.8. The summed E-state index contributed by atoms with van der Waals surface area (Å²) in [6, 6.07) is 22.8. The predicted molar refractivity (Wildman–Crippen MR) is 241 cm³/mol. The third-order valence-electron chi connectivity index (χ3n) is 10.2. The van der Waals surface area contributed by atoms with E-state index in [0.717, 1.165) is 28.7 Å². The van der Waals surface area contributed by atoms with Gasteiger partial charge in [0.2, 0.25) is 10.9 Å². The van der Waals surface area contributed by atoms with Gasteiger partial charge in [0.05, 0.1) is 17.6 Å². The van der Waals surface area contributed by atoms with E-state index < -0.39 is 22.7 Å². The van der Waals surface area contributed by atoms with E-state index in [1.54, 1.807) is 77.2 Å². The van der Waals surface area contributed by atoms with Crippen LogP contribution in [0.2, 0.25) is 0 Å². The Morgan fingerprint density at radius 2 is 0.984 bits per heavy atom. The first-order chi connectivity index (χ1) is 29.9. The highest BCUT2D eigenvalue weighted by molar-refractivity contribution is 5.97. The summed E-state index contributed by atoms with van der Waals surface area (Å²) in [5.74, 6) is -0.803. The van der Waals surface area contributed by atoms with E-state index in [4.69, 9.17) is 10.5 Å². The number of rotatable bonds is 11. The number of carbonyl (C=O) groups is 2. The number of nitrogens with zero attached hydrogens (tertiary/aromatic N) is 6. The number of ether oxygens (including phenoxy) is 1. The van der Waals surface area contributed by atoms with Crippen LogP contribution in [0.15, 0.2) is 132 Å². The lowest BCUT2D eigenvalue weighted by atomic mass is 10.0. The Morgan fingerprint density at radius 3 is 1.38 bits per heavy atom. The molecule has 0 aliphatic heterocycles. The maximum absolute atomic E-state index is 13.4. The largest absolute Gasteiger partial charge is 0.462 e. The summed E-state index contributed by atoms with van der Waals surface area (Å²) < 4.78 is 35.3. The number of nitrogens with two attached hydrogens (primary N) is 1. The molecule has 1 amide bonds. The molecule has 0 bridgehead atoms. The van der Waals surface area contributed by atoms with Gasteiger partial charge in [-0.3, -0.25) is 14.4 Å². The predicted octanol–water partition coefficient (Wildman–Crippen LogP) is 8.18. The smallest absolute Gasteiger partial charge is 0.343 e. The van der Waals surface area contributed by atoms with Gasteiger partial charge in [0, 0.05) is 60.8 Å². The molecule has 12 nitrogen and oxygen atoms in total. The average molecular weight is 854 g/mol. The SMILES string of the molecule is C.CCOC(=O)c1cn(-c2ccc(F)cc2)c2ccc(CCc3cnc(C)nc3)cc2c1=O.Cc1ncc(CCc2ccc3c(c2)c(=O)c(C(N)=O)cn3-c2ccc(F)cc2)cn1.[3HH]. The molecule has 4 aromatic heterocycles. The van der Waals surface area contributed by atoms with Gasteiger partial charge in [-0.2, -0.15) is 0 Å². The van der Waals surface area contributed by atoms with Gasteiger partial charge < -0.3 is 19.6 Å². The average Bonchev–Trinajstić information content (AvgIpc) is 3.27. The van der Waals surface area contributed by atoms with Crippen LogP contribution in [-0.4, -0.2) is 47.6 Å². The van der Waals surface area contributed by atoms with Crippen LogP contribution in [0.3, 0.4) is 0 Å². The van der Waals surface area contributed by atoms with Crippen LogP contribution < -0.4 is 16.6 Å². The van der Waals surface area contributed by atoms with E-state index in [9.17, 15) is 28.0 Å². The number of benzene rings is 4. The van der Waals surface area contributed by atoms with Gasteiger partial charge in [-0.15, -0.1) is 0 Å². The zero-order valence-corrected chi connectivity index (χ0v) is 34.1. The summed E-state index contributed by atoms with van der Waals surface area (Å²) in [6.07, 6.45) is 12.8. The summed E-state index contributed by atoms with van der Waals surface area (Å²) >= 11 is 0. The fraction of sp³-hybridized carbons (Fsp3) is 0.184. The molecule has 0 aliphatic rings. The molecule has 63 heavy (non-hydrogen) atoms. The molecule has 14 heteroatoms. The summed E-state index contributed by atoms with van der Waals surface area (Å²) in [7, 11) is 0. The molecule has 8 rings (SSSR count). The summed E-state index contributed by atoms with van der Waals surface area (Å²) in [4.78, 5) is 67.2. The molecular formula is C49H47F2N7O5. The van der Waals surface area contributed by atoms with Crippen molar-refractivity contribution in [2.75, 3.05) is 6.61 Å². The molecule has 0 radical (unpaired) electrons. The quantitative estimate of drug-likeness (QED) is 0.126. The molecule has 0 saturated carbocycles. The molecule has 2 N–H and O–H groups in total. The number of hydrogen-bond acceptors (Lipinski definition) is 9. The van der Waals surface area contributed by atoms with Gasteiger partial charge in [-0.25, -0.2) is 33.5 Å². The van der Waals surface area contributed by atoms with E-state index in [-0.39, 0.29) is 38.2 Å². The van der Waals surface area contributed by atoms with E-state index in [0.29, 0.717) is 64.1 Å². The molecule has 0 unspecified atom stereocenters.